The third-order valence-corrected chi connectivity index (χ3v) is 4.22. The highest BCUT2D eigenvalue weighted by molar-refractivity contribution is 5.92. The van der Waals surface area contributed by atoms with E-state index in [1.165, 1.54) is 0 Å². The highest BCUT2D eigenvalue weighted by Gasteiger charge is 2.27. The van der Waals surface area contributed by atoms with Gasteiger partial charge in [-0.2, -0.15) is 5.10 Å². The molecule has 6 nitrogen and oxygen atoms in total. The van der Waals surface area contributed by atoms with E-state index in [1.807, 2.05) is 24.9 Å². The van der Waals surface area contributed by atoms with Crippen LogP contribution in [0.5, 0.6) is 0 Å². The smallest absolute Gasteiger partial charge is 0.272 e. The van der Waals surface area contributed by atoms with Crippen LogP contribution >= 0.6 is 0 Å². The zero-order valence-corrected chi connectivity index (χ0v) is 13.1. The van der Waals surface area contributed by atoms with Crippen LogP contribution in [0.2, 0.25) is 0 Å². The lowest BCUT2D eigenvalue weighted by molar-refractivity contribution is 0.0694. The molecule has 0 saturated carbocycles. The van der Waals surface area contributed by atoms with Gasteiger partial charge in [0.05, 0.1) is 11.4 Å². The fraction of sp³-hybridized carbons (Fsp3) is 0.500. The average Bonchev–Trinajstić information content (AvgIpc) is 2.96. The zero-order chi connectivity index (χ0) is 15.5. The summed E-state index contributed by atoms with van der Waals surface area (Å²) in [7, 11) is 1.83. The summed E-state index contributed by atoms with van der Waals surface area (Å²) in [5.41, 5.74) is 2.59. The summed E-state index contributed by atoms with van der Waals surface area (Å²) in [5, 5.41) is 4.37. The standard InChI is InChI=1S/C16H21N5O/c1-3-13-9-15(20(2)19-13)16(22)21-8-4-5-12(11-21)14-10-17-6-7-18-14/h6-7,9-10,12H,3-5,8,11H2,1-2H3/t12-/m0/s1. The van der Waals surface area contributed by atoms with E-state index in [1.54, 1.807) is 23.3 Å². The number of piperidine rings is 1. The zero-order valence-electron chi connectivity index (χ0n) is 13.1. The Morgan fingerprint density at radius 3 is 2.95 bits per heavy atom. The summed E-state index contributed by atoms with van der Waals surface area (Å²) < 4.78 is 1.69. The quantitative estimate of drug-likeness (QED) is 0.867. The van der Waals surface area contributed by atoms with Crippen LogP contribution in [0.25, 0.3) is 0 Å². The van der Waals surface area contributed by atoms with E-state index in [4.69, 9.17) is 0 Å². The highest BCUT2D eigenvalue weighted by atomic mass is 16.2. The van der Waals surface area contributed by atoms with E-state index < -0.39 is 0 Å². The Kier molecular flexibility index (Phi) is 4.18. The van der Waals surface area contributed by atoms with Crippen LogP contribution in [0.4, 0.5) is 0 Å². The van der Waals surface area contributed by atoms with Gasteiger partial charge in [-0.15, -0.1) is 0 Å². The maximum absolute atomic E-state index is 12.8. The lowest BCUT2D eigenvalue weighted by atomic mass is 9.95. The number of aromatic nitrogens is 4. The van der Waals surface area contributed by atoms with Crippen molar-refractivity contribution in [1.29, 1.82) is 0 Å². The van der Waals surface area contributed by atoms with Crippen LogP contribution in [-0.2, 0) is 13.5 Å². The Labute approximate surface area is 130 Å². The predicted molar refractivity (Wildman–Crippen MR) is 82.5 cm³/mol. The van der Waals surface area contributed by atoms with Crippen LogP contribution in [0.15, 0.2) is 24.7 Å². The molecule has 3 heterocycles. The van der Waals surface area contributed by atoms with Crippen LogP contribution in [-0.4, -0.2) is 43.6 Å². The topological polar surface area (TPSA) is 63.9 Å². The molecule has 22 heavy (non-hydrogen) atoms. The van der Waals surface area contributed by atoms with Crippen molar-refractivity contribution in [2.45, 2.75) is 32.1 Å². The van der Waals surface area contributed by atoms with E-state index in [0.29, 0.717) is 12.2 Å². The number of aryl methyl sites for hydroxylation is 2. The molecular weight excluding hydrogens is 278 g/mol. The minimum Gasteiger partial charge on any atom is -0.337 e. The molecule has 1 saturated heterocycles. The molecule has 3 rings (SSSR count). The van der Waals surface area contributed by atoms with Gasteiger partial charge in [-0.05, 0) is 25.3 Å². The van der Waals surface area contributed by atoms with Gasteiger partial charge < -0.3 is 4.90 Å². The number of likely N-dealkylation sites (tertiary alicyclic amines) is 1. The molecule has 0 aliphatic carbocycles. The SMILES string of the molecule is CCc1cc(C(=O)N2CCC[C@H](c3cnccn3)C2)n(C)n1. The molecule has 0 radical (unpaired) electrons. The van der Waals surface area contributed by atoms with Crippen molar-refractivity contribution in [3.63, 3.8) is 0 Å². The largest absolute Gasteiger partial charge is 0.337 e. The van der Waals surface area contributed by atoms with E-state index in [2.05, 4.69) is 15.1 Å². The van der Waals surface area contributed by atoms with Crippen molar-refractivity contribution in [2.75, 3.05) is 13.1 Å². The number of carbonyl (C=O) groups excluding carboxylic acids is 1. The number of nitrogens with zero attached hydrogens (tertiary/aromatic N) is 5. The Morgan fingerprint density at radius 1 is 1.41 bits per heavy atom. The lowest BCUT2D eigenvalue weighted by Crippen LogP contribution is -2.40. The van der Waals surface area contributed by atoms with Crippen LogP contribution < -0.4 is 0 Å². The van der Waals surface area contributed by atoms with Gasteiger partial charge in [0.15, 0.2) is 0 Å². The van der Waals surface area contributed by atoms with Gasteiger partial charge in [0.1, 0.15) is 5.69 Å². The van der Waals surface area contributed by atoms with Gasteiger partial charge in [0.2, 0.25) is 0 Å². The summed E-state index contributed by atoms with van der Waals surface area (Å²) in [6.45, 7) is 3.54. The molecule has 0 spiro atoms. The molecule has 0 aromatic carbocycles. The fourth-order valence-corrected chi connectivity index (χ4v) is 2.99. The third kappa shape index (κ3) is 2.86. The van der Waals surface area contributed by atoms with E-state index in [-0.39, 0.29) is 11.8 Å². The molecule has 1 aliphatic heterocycles. The van der Waals surface area contributed by atoms with E-state index >= 15 is 0 Å². The first-order valence-electron chi connectivity index (χ1n) is 7.77. The molecule has 1 amide bonds. The molecule has 116 valence electrons. The molecule has 1 fully saturated rings. The van der Waals surface area contributed by atoms with Gasteiger partial charge in [0.25, 0.3) is 5.91 Å². The lowest BCUT2D eigenvalue weighted by Gasteiger charge is -2.32. The first-order valence-corrected chi connectivity index (χ1v) is 7.77. The number of amides is 1. The maximum atomic E-state index is 12.8. The van der Waals surface area contributed by atoms with Crippen LogP contribution in [0.3, 0.4) is 0 Å². The number of carbonyl (C=O) groups is 1. The summed E-state index contributed by atoms with van der Waals surface area (Å²) in [5.74, 6) is 0.327. The monoisotopic (exact) mass is 299 g/mol. The van der Waals surface area contributed by atoms with Crippen LogP contribution in [0, 0.1) is 0 Å². The summed E-state index contributed by atoms with van der Waals surface area (Å²) in [6.07, 6.45) is 8.07. The third-order valence-electron chi connectivity index (χ3n) is 4.22. The Bertz CT molecular complexity index is 652. The summed E-state index contributed by atoms with van der Waals surface area (Å²) in [4.78, 5) is 23.2. The molecule has 2 aromatic rings. The number of hydrogen-bond acceptors (Lipinski definition) is 4. The highest BCUT2D eigenvalue weighted by Crippen LogP contribution is 2.26. The molecule has 1 atom stereocenters. The van der Waals surface area contributed by atoms with Crippen molar-refractivity contribution in [3.8, 4) is 0 Å². The summed E-state index contributed by atoms with van der Waals surface area (Å²) >= 11 is 0. The van der Waals surface area contributed by atoms with Gasteiger partial charge in [-0.25, -0.2) is 0 Å². The molecule has 6 heteroatoms. The van der Waals surface area contributed by atoms with Gasteiger partial charge in [-0.1, -0.05) is 6.92 Å². The van der Waals surface area contributed by atoms with Crippen molar-refractivity contribution in [3.05, 3.63) is 41.7 Å². The first kappa shape index (κ1) is 14.7. The number of hydrogen-bond donors (Lipinski definition) is 0. The maximum Gasteiger partial charge on any atom is 0.272 e. The van der Waals surface area contributed by atoms with Crippen molar-refractivity contribution >= 4 is 5.91 Å². The molecule has 0 unspecified atom stereocenters. The normalized spacial score (nSPS) is 18.5. The fourth-order valence-electron chi connectivity index (χ4n) is 2.99. The minimum absolute atomic E-state index is 0.0586. The van der Waals surface area contributed by atoms with Crippen molar-refractivity contribution in [2.24, 2.45) is 7.05 Å². The molecule has 0 N–H and O–H groups in total. The van der Waals surface area contributed by atoms with Gasteiger partial charge in [0, 0.05) is 44.6 Å². The van der Waals surface area contributed by atoms with E-state index in [0.717, 1.165) is 37.2 Å². The Hall–Kier alpha value is -2.24. The molecule has 1 aliphatic rings. The second kappa shape index (κ2) is 6.25. The second-order valence-electron chi connectivity index (χ2n) is 5.72. The minimum atomic E-state index is 0.0586. The number of rotatable bonds is 3. The predicted octanol–water partition coefficient (Wildman–Crippen LogP) is 1.79. The first-order chi connectivity index (χ1) is 10.7. The molecular formula is C16H21N5O. The average molecular weight is 299 g/mol. The van der Waals surface area contributed by atoms with Gasteiger partial charge in [-0.3, -0.25) is 19.4 Å². The Morgan fingerprint density at radius 2 is 2.27 bits per heavy atom. The summed E-state index contributed by atoms with van der Waals surface area (Å²) in [6, 6.07) is 1.90. The van der Waals surface area contributed by atoms with Crippen molar-refractivity contribution < 1.29 is 4.79 Å². The molecule has 0 bridgehead atoms. The van der Waals surface area contributed by atoms with Crippen molar-refractivity contribution in [1.82, 2.24) is 24.6 Å². The second-order valence-corrected chi connectivity index (χ2v) is 5.72. The van der Waals surface area contributed by atoms with E-state index in [9.17, 15) is 4.79 Å². The van der Waals surface area contributed by atoms with Gasteiger partial charge >= 0.3 is 0 Å². The Balaban J connectivity index is 1.76. The molecule has 2 aromatic heterocycles. The van der Waals surface area contributed by atoms with Crippen LogP contribution in [0.1, 0.15) is 47.6 Å².